The van der Waals surface area contributed by atoms with Gasteiger partial charge in [-0.2, -0.15) is 13.2 Å². The molecule has 0 radical (unpaired) electrons. The number of rotatable bonds is 3. The third-order valence-corrected chi connectivity index (χ3v) is 2.56. The maximum Gasteiger partial charge on any atom is 0.425 e. The molecule has 0 aliphatic heterocycles. The maximum atomic E-state index is 12.3. The summed E-state index contributed by atoms with van der Waals surface area (Å²) < 4.78 is 41.5. The fraction of sp³-hybridized carbons (Fsp3) is 0.455. The van der Waals surface area contributed by atoms with E-state index in [0.29, 0.717) is 10.6 Å². The molecule has 96 valence electrons. The molecular weight excluding hydrogens is 255 g/mol. The smallest absolute Gasteiger partial charge is 0.425 e. The molecule has 0 heterocycles. The van der Waals surface area contributed by atoms with E-state index in [1.807, 2.05) is 0 Å². The van der Waals surface area contributed by atoms with Gasteiger partial charge in [0.15, 0.2) is 6.10 Å². The van der Waals surface area contributed by atoms with Crippen molar-refractivity contribution in [1.29, 1.82) is 0 Å². The molecule has 0 aliphatic carbocycles. The Balaban J connectivity index is 2.85. The number of hydrogen-bond acceptors (Lipinski definition) is 2. The summed E-state index contributed by atoms with van der Waals surface area (Å²) in [5.74, 6) is 0.0734. The molecule has 0 bridgehead atoms. The molecule has 0 aliphatic rings. The van der Waals surface area contributed by atoms with Crippen molar-refractivity contribution in [2.75, 3.05) is 0 Å². The van der Waals surface area contributed by atoms with Gasteiger partial charge in [0.25, 0.3) is 0 Å². The lowest BCUT2D eigenvalue weighted by Gasteiger charge is -2.18. The molecule has 2 N–H and O–H groups in total. The first-order valence-corrected chi connectivity index (χ1v) is 5.38. The predicted octanol–water partition coefficient (Wildman–Crippen LogP) is 3.69. The largest absolute Gasteiger partial charge is 0.481 e. The highest BCUT2D eigenvalue weighted by Gasteiger charge is 2.38. The van der Waals surface area contributed by atoms with E-state index in [1.54, 1.807) is 13.0 Å². The molecule has 0 saturated carbocycles. The Labute approximate surface area is 103 Å². The molecule has 0 fully saturated rings. The number of halogens is 4. The quantitative estimate of drug-likeness (QED) is 0.906. The van der Waals surface area contributed by atoms with Crippen LogP contribution >= 0.6 is 11.6 Å². The Morgan fingerprint density at radius 2 is 1.88 bits per heavy atom. The molecule has 0 aromatic heterocycles. The van der Waals surface area contributed by atoms with Crippen LogP contribution in [0.3, 0.4) is 0 Å². The van der Waals surface area contributed by atoms with Crippen LogP contribution in [0.5, 0.6) is 5.75 Å². The average molecular weight is 268 g/mol. The molecule has 0 amide bonds. The molecule has 0 spiro atoms. The molecule has 2 unspecified atom stereocenters. The number of benzene rings is 1. The van der Waals surface area contributed by atoms with E-state index in [0.717, 1.165) is 6.92 Å². The molecular formula is C11H13ClF3NO. The van der Waals surface area contributed by atoms with Crippen molar-refractivity contribution < 1.29 is 17.9 Å². The summed E-state index contributed by atoms with van der Waals surface area (Å²) in [6.07, 6.45) is -6.27. The summed E-state index contributed by atoms with van der Waals surface area (Å²) in [7, 11) is 0. The van der Waals surface area contributed by atoms with E-state index < -0.39 is 12.3 Å². The highest BCUT2D eigenvalue weighted by Crippen LogP contribution is 2.29. The van der Waals surface area contributed by atoms with E-state index in [-0.39, 0.29) is 11.8 Å². The van der Waals surface area contributed by atoms with Crippen LogP contribution in [0, 0.1) is 0 Å². The lowest BCUT2D eigenvalue weighted by Crippen LogP contribution is -2.31. The van der Waals surface area contributed by atoms with E-state index in [1.165, 1.54) is 12.1 Å². The fourth-order valence-electron chi connectivity index (χ4n) is 1.22. The van der Waals surface area contributed by atoms with E-state index in [2.05, 4.69) is 0 Å². The second kappa shape index (κ2) is 5.14. The summed E-state index contributed by atoms with van der Waals surface area (Å²) in [6.45, 7) is 2.67. The summed E-state index contributed by atoms with van der Waals surface area (Å²) in [6, 6.07) is 4.04. The van der Waals surface area contributed by atoms with Crippen molar-refractivity contribution in [3.63, 3.8) is 0 Å². The van der Waals surface area contributed by atoms with Crippen molar-refractivity contribution in [2.45, 2.75) is 32.2 Å². The minimum absolute atomic E-state index is 0.0734. The summed E-state index contributed by atoms with van der Waals surface area (Å²) in [4.78, 5) is 0. The normalized spacial score (nSPS) is 15.5. The predicted molar refractivity (Wildman–Crippen MR) is 60.2 cm³/mol. The second-order valence-corrected chi connectivity index (χ2v) is 4.18. The third kappa shape index (κ3) is 3.78. The van der Waals surface area contributed by atoms with Gasteiger partial charge in [-0.3, -0.25) is 0 Å². The number of alkyl halides is 3. The summed E-state index contributed by atoms with van der Waals surface area (Å²) in [5.41, 5.74) is 6.30. The highest BCUT2D eigenvalue weighted by molar-refractivity contribution is 6.31. The van der Waals surface area contributed by atoms with Crippen LogP contribution in [0.15, 0.2) is 18.2 Å². The van der Waals surface area contributed by atoms with Crippen molar-refractivity contribution >= 4 is 11.6 Å². The van der Waals surface area contributed by atoms with Gasteiger partial charge >= 0.3 is 6.18 Å². The van der Waals surface area contributed by atoms with Gasteiger partial charge in [0.05, 0.1) is 0 Å². The lowest BCUT2D eigenvalue weighted by molar-refractivity contribution is -0.189. The van der Waals surface area contributed by atoms with Crippen LogP contribution < -0.4 is 10.5 Å². The van der Waals surface area contributed by atoms with Crippen LogP contribution in [-0.2, 0) is 0 Å². The van der Waals surface area contributed by atoms with Gasteiger partial charge in [-0.25, -0.2) is 0 Å². The molecule has 2 atom stereocenters. The first-order chi connectivity index (χ1) is 7.71. The lowest BCUT2D eigenvalue weighted by atomic mass is 10.1. The molecule has 17 heavy (non-hydrogen) atoms. The van der Waals surface area contributed by atoms with Gasteiger partial charge in [-0.15, -0.1) is 0 Å². The third-order valence-electron chi connectivity index (χ3n) is 2.24. The molecule has 6 heteroatoms. The Hall–Kier alpha value is -0.940. The molecule has 2 nitrogen and oxygen atoms in total. The van der Waals surface area contributed by atoms with Gasteiger partial charge < -0.3 is 10.5 Å². The highest BCUT2D eigenvalue weighted by atomic mass is 35.5. The first kappa shape index (κ1) is 14.1. The number of ether oxygens (including phenoxy) is 1. The fourth-order valence-corrected chi connectivity index (χ4v) is 1.56. The van der Waals surface area contributed by atoms with Crippen LogP contribution in [0.25, 0.3) is 0 Å². The summed E-state index contributed by atoms with van der Waals surface area (Å²) in [5, 5.41) is 0.298. The molecule has 0 saturated heterocycles. The van der Waals surface area contributed by atoms with Crippen LogP contribution in [0.1, 0.15) is 25.5 Å². The Morgan fingerprint density at radius 1 is 1.29 bits per heavy atom. The van der Waals surface area contributed by atoms with Crippen LogP contribution in [0.2, 0.25) is 5.02 Å². The monoisotopic (exact) mass is 267 g/mol. The van der Waals surface area contributed by atoms with Gasteiger partial charge in [0.2, 0.25) is 0 Å². The topological polar surface area (TPSA) is 35.2 Å². The van der Waals surface area contributed by atoms with Crippen LogP contribution in [0.4, 0.5) is 13.2 Å². The zero-order valence-electron chi connectivity index (χ0n) is 9.38. The van der Waals surface area contributed by atoms with Crippen molar-refractivity contribution in [3.8, 4) is 5.75 Å². The Morgan fingerprint density at radius 3 is 2.29 bits per heavy atom. The Kier molecular flexibility index (Phi) is 4.27. The zero-order chi connectivity index (χ0) is 13.2. The van der Waals surface area contributed by atoms with Gasteiger partial charge in [0, 0.05) is 11.1 Å². The van der Waals surface area contributed by atoms with Crippen molar-refractivity contribution in [1.82, 2.24) is 0 Å². The number of nitrogens with two attached hydrogens (primary N) is 1. The second-order valence-electron chi connectivity index (χ2n) is 3.77. The van der Waals surface area contributed by atoms with E-state index in [4.69, 9.17) is 22.1 Å². The zero-order valence-corrected chi connectivity index (χ0v) is 10.1. The Bertz CT molecular complexity index is 393. The number of hydrogen-bond donors (Lipinski definition) is 1. The van der Waals surface area contributed by atoms with Gasteiger partial charge in [0.1, 0.15) is 5.75 Å². The van der Waals surface area contributed by atoms with Crippen molar-refractivity contribution in [2.24, 2.45) is 5.73 Å². The van der Waals surface area contributed by atoms with Gasteiger partial charge in [-0.05, 0) is 31.5 Å². The van der Waals surface area contributed by atoms with Crippen molar-refractivity contribution in [3.05, 3.63) is 28.8 Å². The minimum atomic E-state index is -4.40. The molecule has 1 aromatic carbocycles. The SMILES string of the molecule is CC(N)c1ccc(OC(C)C(F)(F)F)cc1Cl. The minimum Gasteiger partial charge on any atom is -0.481 e. The maximum absolute atomic E-state index is 12.3. The standard InChI is InChI=1S/C11H13ClF3NO/c1-6(16)9-4-3-8(5-10(9)12)17-7(2)11(13,14)15/h3-7H,16H2,1-2H3. The van der Waals surface area contributed by atoms with Crippen LogP contribution in [-0.4, -0.2) is 12.3 Å². The average Bonchev–Trinajstić information content (AvgIpc) is 2.15. The van der Waals surface area contributed by atoms with E-state index in [9.17, 15) is 13.2 Å². The molecule has 1 rings (SSSR count). The van der Waals surface area contributed by atoms with Gasteiger partial charge in [-0.1, -0.05) is 17.7 Å². The van der Waals surface area contributed by atoms with E-state index >= 15 is 0 Å². The molecule has 1 aromatic rings. The first-order valence-electron chi connectivity index (χ1n) is 5.00. The summed E-state index contributed by atoms with van der Waals surface area (Å²) >= 11 is 5.88.